The minimum Gasteiger partial charge on any atom is -0.266 e. The summed E-state index contributed by atoms with van der Waals surface area (Å²) in [7, 11) is 0. The fourth-order valence-electron chi connectivity index (χ4n) is 1.54. The van der Waals surface area contributed by atoms with Crippen molar-refractivity contribution in [2.24, 2.45) is 0 Å². The summed E-state index contributed by atoms with van der Waals surface area (Å²) < 4.78 is 38.0. The van der Waals surface area contributed by atoms with Gasteiger partial charge < -0.3 is 0 Å². The second-order valence-electron chi connectivity index (χ2n) is 4.71. The second kappa shape index (κ2) is 7.06. The molecule has 0 aliphatic heterocycles. The Kier molecular flexibility index (Phi) is 5.94. The molecule has 0 spiro atoms. The fourth-order valence-corrected chi connectivity index (χ4v) is 1.94. The SMILES string of the molecule is CC(C)=CCn1c(=O)c(Br)nn(CCCC(F)(F)F)c1=O. The van der Waals surface area contributed by atoms with Crippen LogP contribution in [-0.4, -0.2) is 20.5 Å². The van der Waals surface area contributed by atoms with E-state index >= 15 is 0 Å². The highest BCUT2D eigenvalue weighted by Crippen LogP contribution is 2.21. The van der Waals surface area contributed by atoms with E-state index in [0.717, 1.165) is 14.8 Å². The maximum Gasteiger partial charge on any atom is 0.389 e. The topological polar surface area (TPSA) is 56.9 Å². The first-order valence-electron chi connectivity index (χ1n) is 6.19. The van der Waals surface area contributed by atoms with Crippen LogP contribution in [0.5, 0.6) is 0 Å². The van der Waals surface area contributed by atoms with Crippen LogP contribution in [0.25, 0.3) is 0 Å². The Morgan fingerprint density at radius 3 is 2.48 bits per heavy atom. The molecule has 1 aromatic heterocycles. The fraction of sp³-hybridized carbons (Fsp3) is 0.583. The summed E-state index contributed by atoms with van der Waals surface area (Å²) in [6.45, 7) is 3.47. The van der Waals surface area contributed by atoms with E-state index in [1.807, 2.05) is 13.8 Å². The Morgan fingerprint density at radius 1 is 1.33 bits per heavy atom. The molecule has 0 N–H and O–H groups in total. The van der Waals surface area contributed by atoms with Crippen molar-refractivity contribution in [1.29, 1.82) is 0 Å². The molecule has 21 heavy (non-hydrogen) atoms. The van der Waals surface area contributed by atoms with E-state index in [4.69, 9.17) is 0 Å². The normalized spacial score (nSPS) is 11.5. The summed E-state index contributed by atoms with van der Waals surface area (Å²) in [5.41, 5.74) is -0.412. The highest BCUT2D eigenvalue weighted by molar-refractivity contribution is 9.10. The van der Waals surface area contributed by atoms with E-state index in [0.29, 0.717) is 0 Å². The molecule has 0 fully saturated rings. The highest BCUT2D eigenvalue weighted by Gasteiger charge is 2.26. The molecular weight excluding hydrogens is 355 g/mol. The van der Waals surface area contributed by atoms with Gasteiger partial charge in [-0.1, -0.05) is 11.6 Å². The number of aryl methyl sites for hydroxylation is 1. The quantitative estimate of drug-likeness (QED) is 0.749. The Morgan fingerprint density at radius 2 is 1.95 bits per heavy atom. The standard InChI is InChI=1S/C12H15BrF3N3O2/c1-8(2)4-7-18-10(20)9(13)17-19(11(18)21)6-3-5-12(14,15)16/h4H,3,5-7H2,1-2H3. The maximum atomic E-state index is 12.1. The number of nitrogens with zero attached hydrogens (tertiary/aromatic N) is 3. The van der Waals surface area contributed by atoms with Gasteiger partial charge in [-0.05, 0) is 36.2 Å². The van der Waals surface area contributed by atoms with Crippen LogP contribution in [0.15, 0.2) is 25.8 Å². The van der Waals surface area contributed by atoms with Crippen LogP contribution < -0.4 is 11.2 Å². The number of halogens is 4. The Hall–Kier alpha value is -1.38. The van der Waals surface area contributed by atoms with Gasteiger partial charge in [0.2, 0.25) is 0 Å². The lowest BCUT2D eigenvalue weighted by Gasteiger charge is -2.10. The van der Waals surface area contributed by atoms with E-state index in [-0.39, 0.29) is 24.1 Å². The highest BCUT2D eigenvalue weighted by atomic mass is 79.9. The van der Waals surface area contributed by atoms with E-state index in [1.165, 1.54) is 0 Å². The minimum atomic E-state index is -4.28. The zero-order chi connectivity index (χ0) is 16.2. The van der Waals surface area contributed by atoms with Crippen molar-refractivity contribution in [3.8, 4) is 0 Å². The molecule has 9 heteroatoms. The number of alkyl halides is 3. The van der Waals surface area contributed by atoms with E-state index in [9.17, 15) is 22.8 Å². The lowest BCUT2D eigenvalue weighted by molar-refractivity contribution is -0.136. The van der Waals surface area contributed by atoms with Crippen molar-refractivity contribution in [3.63, 3.8) is 0 Å². The van der Waals surface area contributed by atoms with E-state index < -0.39 is 23.8 Å². The first-order chi connectivity index (χ1) is 9.61. The molecule has 1 heterocycles. The van der Waals surface area contributed by atoms with E-state index in [2.05, 4.69) is 21.0 Å². The smallest absolute Gasteiger partial charge is 0.266 e. The second-order valence-corrected chi connectivity index (χ2v) is 5.46. The number of rotatable bonds is 5. The van der Waals surface area contributed by atoms with Crippen LogP contribution in [0, 0.1) is 0 Å². The third-order valence-corrected chi connectivity index (χ3v) is 3.09. The minimum absolute atomic E-state index is 0.0559. The molecule has 1 rings (SSSR count). The van der Waals surface area contributed by atoms with Gasteiger partial charge in [-0.15, -0.1) is 0 Å². The van der Waals surface area contributed by atoms with Crippen LogP contribution >= 0.6 is 15.9 Å². The molecule has 0 amide bonds. The molecule has 5 nitrogen and oxygen atoms in total. The summed E-state index contributed by atoms with van der Waals surface area (Å²) in [4.78, 5) is 23.9. The summed E-state index contributed by atoms with van der Waals surface area (Å²) in [6.07, 6.45) is -3.89. The van der Waals surface area contributed by atoms with E-state index in [1.54, 1.807) is 6.08 Å². The molecule has 0 aliphatic carbocycles. The summed E-state index contributed by atoms with van der Waals surface area (Å²) >= 11 is 2.92. The molecule has 118 valence electrons. The van der Waals surface area contributed by atoms with Crippen molar-refractivity contribution >= 4 is 15.9 Å². The van der Waals surface area contributed by atoms with Crippen molar-refractivity contribution in [1.82, 2.24) is 14.3 Å². The van der Waals surface area contributed by atoms with Crippen molar-refractivity contribution in [2.75, 3.05) is 0 Å². The predicted octanol–water partition coefficient (Wildman–Crippen LogP) is 2.48. The van der Waals surface area contributed by atoms with Crippen molar-refractivity contribution in [2.45, 2.75) is 46.0 Å². The zero-order valence-corrected chi connectivity index (χ0v) is 13.2. The first-order valence-corrected chi connectivity index (χ1v) is 6.98. The number of hydrogen-bond acceptors (Lipinski definition) is 3. The first kappa shape index (κ1) is 17.7. The lowest BCUT2D eigenvalue weighted by Crippen LogP contribution is -2.41. The van der Waals surface area contributed by atoms with Crippen LogP contribution in [-0.2, 0) is 13.1 Å². The van der Waals surface area contributed by atoms with Crippen LogP contribution in [0.2, 0.25) is 0 Å². The van der Waals surface area contributed by atoms with Crippen molar-refractivity contribution < 1.29 is 13.2 Å². The van der Waals surface area contributed by atoms with Gasteiger partial charge in [0.05, 0.1) is 0 Å². The number of hydrogen-bond donors (Lipinski definition) is 0. The van der Waals surface area contributed by atoms with Crippen LogP contribution in [0.3, 0.4) is 0 Å². The molecule has 0 saturated heterocycles. The number of aromatic nitrogens is 3. The molecule has 0 atom stereocenters. The Labute approximate surface area is 127 Å². The van der Waals surface area contributed by atoms with Crippen LogP contribution in [0.4, 0.5) is 13.2 Å². The third-order valence-electron chi connectivity index (χ3n) is 2.59. The number of allylic oxidation sites excluding steroid dienone is 2. The molecule has 1 aromatic rings. The van der Waals surface area contributed by atoms with Gasteiger partial charge in [-0.25, -0.2) is 9.48 Å². The summed E-state index contributed by atoms with van der Waals surface area (Å²) in [5.74, 6) is 0. The summed E-state index contributed by atoms with van der Waals surface area (Å²) in [5, 5.41) is 3.68. The van der Waals surface area contributed by atoms with Gasteiger partial charge in [0.25, 0.3) is 5.56 Å². The largest absolute Gasteiger partial charge is 0.389 e. The van der Waals surface area contributed by atoms with Gasteiger partial charge in [-0.3, -0.25) is 9.36 Å². The Bertz CT molecular complexity index is 643. The molecule has 0 saturated carbocycles. The third kappa shape index (κ3) is 5.49. The monoisotopic (exact) mass is 369 g/mol. The Balaban J connectivity index is 3.04. The average molecular weight is 370 g/mol. The van der Waals surface area contributed by atoms with Gasteiger partial charge in [0.1, 0.15) is 0 Å². The molecule has 0 radical (unpaired) electrons. The van der Waals surface area contributed by atoms with Gasteiger partial charge in [0.15, 0.2) is 4.60 Å². The van der Waals surface area contributed by atoms with Crippen molar-refractivity contribution in [3.05, 3.63) is 37.1 Å². The predicted molar refractivity (Wildman–Crippen MR) is 75.2 cm³/mol. The average Bonchev–Trinajstić information content (AvgIpc) is 2.33. The molecule has 0 aliphatic rings. The van der Waals surface area contributed by atoms with Crippen LogP contribution in [0.1, 0.15) is 26.7 Å². The zero-order valence-electron chi connectivity index (χ0n) is 11.6. The summed E-state index contributed by atoms with van der Waals surface area (Å²) in [6, 6.07) is 0. The molecule has 0 unspecified atom stereocenters. The van der Waals surface area contributed by atoms with Gasteiger partial charge in [0, 0.05) is 19.5 Å². The molecule has 0 bridgehead atoms. The van der Waals surface area contributed by atoms with Gasteiger partial charge in [-0.2, -0.15) is 18.3 Å². The van der Waals surface area contributed by atoms with Gasteiger partial charge >= 0.3 is 11.9 Å². The molecule has 0 aromatic carbocycles. The maximum absolute atomic E-state index is 12.1. The molecular formula is C12H15BrF3N3O2. The lowest BCUT2D eigenvalue weighted by atomic mass is 10.3.